The van der Waals surface area contributed by atoms with Crippen molar-refractivity contribution < 1.29 is 19.4 Å². The SMILES string of the molecule is C=C(CO)C(N)=O.C=COC(C)=O. The van der Waals surface area contributed by atoms with E-state index in [1.807, 2.05) is 0 Å². The molecule has 0 saturated carbocycles. The highest BCUT2D eigenvalue weighted by atomic mass is 16.5. The van der Waals surface area contributed by atoms with Crippen molar-refractivity contribution in [2.75, 3.05) is 6.61 Å². The number of aliphatic hydroxyl groups is 1. The Morgan fingerprint density at radius 2 is 2.08 bits per heavy atom. The average Bonchev–Trinajstić information content (AvgIpc) is 2.03. The maximum absolute atomic E-state index is 9.89. The fourth-order valence-electron chi connectivity index (χ4n) is 0.195. The van der Waals surface area contributed by atoms with Gasteiger partial charge in [0.15, 0.2) is 0 Å². The van der Waals surface area contributed by atoms with Gasteiger partial charge in [-0.25, -0.2) is 0 Å². The van der Waals surface area contributed by atoms with E-state index in [4.69, 9.17) is 5.11 Å². The number of hydrogen-bond donors (Lipinski definition) is 2. The van der Waals surface area contributed by atoms with Crippen molar-refractivity contribution >= 4 is 11.9 Å². The van der Waals surface area contributed by atoms with Crippen LogP contribution < -0.4 is 5.73 Å². The highest BCUT2D eigenvalue weighted by Crippen LogP contribution is 1.80. The first-order chi connectivity index (χ1) is 5.95. The highest BCUT2D eigenvalue weighted by Gasteiger charge is 1.94. The Morgan fingerprint density at radius 3 is 2.08 bits per heavy atom. The number of amides is 1. The molecule has 0 radical (unpaired) electrons. The molecule has 0 spiro atoms. The molecule has 1 amide bonds. The van der Waals surface area contributed by atoms with Gasteiger partial charge in [-0.05, 0) is 0 Å². The number of aliphatic hydroxyl groups excluding tert-OH is 1. The summed E-state index contributed by atoms with van der Waals surface area (Å²) in [4.78, 5) is 19.6. The summed E-state index contributed by atoms with van der Waals surface area (Å²) in [6, 6.07) is 0. The number of rotatable bonds is 3. The van der Waals surface area contributed by atoms with Crippen molar-refractivity contribution in [1.29, 1.82) is 0 Å². The monoisotopic (exact) mass is 187 g/mol. The van der Waals surface area contributed by atoms with Crippen molar-refractivity contribution in [3.8, 4) is 0 Å². The van der Waals surface area contributed by atoms with Crippen molar-refractivity contribution in [2.24, 2.45) is 5.73 Å². The summed E-state index contributed by atoms with van der Waals surface area (Å²) in [5, 5.41) is 8.10. The van der Waals surface area contributed by atoms with Gasteiger partial charge in [0.2, 0.25) is 5.91 Å². The summed E-state index contributed by atoms with van der Waals surface area (Å²) >= 11 is 0. The summed E-state index contributed by atoms with van der Waals surface area (Å²) in [6.07, 6.45) is 1.10. The van der Waals surface area contributed by atoms with Gasteiger partial charge in [0.05, 0.1) is 12.9 Å². The molecule has 0 aliphatic carbocycles. The third kappa shape index (κ3) is 13.4. The Morgan fingerprint density at radius 1 is 1.62 bits per heavy atom. The van der Waals surface area contributed by atoms with Crippen LogP contribution in [0.15, 0.2) is 25.0 Å². The van der Waals surface area contributed by atoms with Crippen LogP contribution >= 0.6 is 0 Å². The summed E-state index contributed by atoms with van der Waals surface area (Å²) in [5.41, 5.74) is 4.69. The van der Waals surface area contributed by atoms with Crippen molar-refractivity contribution in [3.63, 3.8) is 0 Å². The van der Waals surface area contributed by atoms with Crippen LogP contribution in [0, 0.1) is 0 Å². The Balaban J connectivity index is 0. The smallest absolute Gasteiger partial charge is 0.307 e. The molecule has 0 aliphatic heterocycles. The summed E-state index contributed by atoms with van der Waals surface area (Å²) in [6.45, 7) is 7.28. The molecule has 5 nitrogen and oxygen atoms in total. The molecule has 13 heavy (non-hydrogen) atoms. The molecule has 5 heteroatoms. The zero-order valence-corrected chi connectivity index (χ0v) is 7.45. The molecule has 0 heterocycles. The molecule has 0 aromatic heterocycles. The van der Waals surface area contributed by atoms with Crippen LogP contribution in [-0.4, -0.2) is 23.6 Å². The average molecular weight is 187 g/mol. The largest absolute Gasteiger partial charge is 0.435 e. The summed E-state index contributed by atoms with van der Waals surface area (Å²) in [5.74, 6) is -0.979. The minimum absolute atomic E-state index is 0.0417. The van der Waals surface area contributed by atoms with Gasteiger partial charge < -0.3 is 15.6 Å². The van der Waals surface area contributed by atoms with Crippen LogP contribution in [0.5, 0.6) is 0 Å². The van der Waals surface area contributed by atoms with E-state index in [0.29, 0.717) is 0 Å². The zero-order chi connectivity index (χ0) is 10.9. The predicted molar refractivity (Wildman–Crippen MR) is 47.4 cm³/mol. The second kappa shape index (κ2) is 8.48. The van der Waals surface area contributed by atoms with E-state index in [0.717, 1.165) is 6.26 Å². The lowest BCUT2D eigenvalue weighted by molar-refractivity contribution is -0.135. The first-order valence-electron chi connectivity index (χ1n) is 3.32. The Kier molecular flexibility index (Phi) is 9.09. The molecule has 0 unspecified atom stereocenters. The molecule has 0 rings (SSSR count). The van der Waals surface area contributed by atoms with Crippen molar-refractivity contribution in [2.45, 2.75) is 6.92 Å². The van der Waals surface area contributed by atoms with Gasteiger partial charge in [-0.2, -0.15) is 0 Å². The lowest BCUT2D eigenvalue weighted by Gasteiger charge is -1.88. The Labute approximate surface area is 76.5 Å². The highest BCUT2D eigenvalue weighted by molar-refractivity contribution is 5.91. The number of carbonyl (C=O) groups is 2. The molecule has 0 aromatic carbocycles. The molecule has 0 atom stereocenters. The van der Waals surface area contributed by atoms with E-state index in [2.05, 4.69) is 23.6 Å². The zero-order valence-electron chi connectivity index (χ0n) is 7.45. The second-order valence-electron chi connectivity index (χ2n) is 1.90. The number of primary amides is 1. The number of hydrogen-bond acceptors (Lipinski definition) is 4. The van der Waals surface area contributed by atoms with E-state index < -0.39 is 5.91 Å². The third-order valence-electron chi connectivity index (χ3n) is 0.789. The van der Waals surface area contributed by atoms with E-state index in [1.165, 1.54) is 6.92 Å². The predicted octanol–water partition coefficient (Wildman–Crippen LogP) is -0.287. The van der Waals surface area contributed by atoms with Gasteiger partial charge in [0, 0.05) is 12.5 Å². The van der Waals surface area contributed by atoms with E-state index in [9.17, 15) is 9.59 Å². The summed E-state index contributed by atoms with van der Waals surface area (Å²) in [7, 11) is 0. The van der Waals surface area contributed by atoms with E-state index in [1.54, 1.807) is 0 Å². The van der Waals surface area contributed by atoms with Crippen molar-refractivity contribution in [1.82, 2.24) is 0 Å². The Bertz CT molecular complexity index is 210. The molecule has 3 N–H and O–H groups in total. The second-order valence-corrected chi connectivity index (χ2v) is 1.90. The standard InChI is InChI=1S/C4H7NO2.C4H6O2/c1-3(2-6)4(5)7;1-3-6-4(2)5/h6H,1-2H2,(H2,5,7);3H,1H2,2H3. The van der Waals surface area contributed by atoms with Gasteiger partial charge in [-0.1, -0.05) is 13.2 Å². The van der Waals surface area contributed by atoms with Gasteiger partial charge >= 0.3 is 5.97 Å². The van der Waals surface area contributed by atoms with Crippen LogP contribution in [-0.2, 0) is 14.3 Å². The molecular weight excluding hydrogens is 174 g/mol. The van der Waals surface area contributed by atoms with Crippen LogP contribution in [0.4, 0.5) is 0 Å². The van der Waals surface area contributed by atoms with Crippen molar-refractivity contribution in [3.05, 3.63) is 25.0 Å². The fourth-order valence-corrected chi connectivity index (χ4v) is 0.195. The van der Waals surface area contributed by atoms with Crippen LogP contribution in [0.2, 0.25) is 0 Å². The van der Waals surface area contributed by atoms with Gasteiger partial charge in [-0.15, -0.1) is 0 Å². The third-order valence-corrected chi connectivity index (χ3v) is 0.789. The summed E-state index contributed by atoms with van der Waals surface area (Å²) < 4.78 is 4.17. The molecular formula is C8H13NO4. The normalized spacial score (nSPS) is 7.54. The molecule has 0 aromatic rings. The minimum atomic E-state index is -0.650. The molecule has 0 aliphatic rings. The maximum Gasteiger partial charge on any atom is 0.307 e. The number of nitrogens with two attached hydrogens (primary N) is 1. The fraction of sp³-hybridized carbons (Fsp3) is 0.250. The first kappa shape index (κ1) is 13.9. The number of carbonyl (C=O) groups excluding carboxylic acids is 2. The quantitative estimate of drug-likeness (QED) is 0.361. The molecule has 0 saturated heterocycles. The van der Waals surface area contributed by atoms with Crippen LogP contribution in [0.25, 0.3) is 0 Å². The van der Waals surface area contributed by atoms with Crippen LogP contribution in [0.1, 0.15) is 6.92 Å². The molecule has 0 bridgehead atoms. The van der Waals surface area contributed by atoms with E-state index in [-0.39, 0.29) is 18.1 Å². The van der Waals surface area contributed by atoms with E-state index >= 15 is 0 Å². The topological polar surface area (TPSA) is 89.6 Å². The lowest BCUT2D eigenvalue weighted by Crippen LogP contribution is -2.14. The first-order valence-corrected chi connectivity index (χ1v) is 3.32. The maximum atomic E-state index is 9.89. The van der Waals surface area contributed by atoms with Gasteiger partial charge in [0.1, 0.15) is 0 Å². The lowest BCUT2D eigenvalue weighted by atomic mass is 10.3. The Hall–Kier alpha value is -1.62. The minimum Gasteiger partial charge on any atom is -0.435 e. The van der Waals surface area contributed by atoms with Gasteiger partial charge in [0.25, 0.3) is 0 Å². The molecule has 74 valence electrons. The number of ether oxygens (including phenoxy) is 1. The molecule has 0 fully saturated rings. The number of esters is 1. The van der Waals surface area contributed by atoms with Crippen LogP contribution in [0.3, 0.4) is 0 Å². The van der Waals surface area contributed by atoms with Gasteiger partial charge in [-0.3, -0.25) is 9.59 Å².